The summed E-state index contributed by atoms with van der Waals surface area (Å²) in [6, 6.07) is 11.3. The molecule has 10 heteroatoms. The van der Waals surface area contributed by atoms with Gasteiger partial charge in [-0.3, -0.25) is 4.72 Å². The van der Waals surface area contributed by atoms with Gasteiger partial charge in [0.05, 0.1) is 18.4 Å². The standard InChI is InChI=1S/C27H35FN2O6S/c1-27(2,3)36-26(32)30-14-12-19(13-15-30)21-7-5-9-23(17-21)29-37(33,34)16-6-8-20-10-11-22(18-24(20)28)25(31)35-4/h5,7,9-11,17-19,29H,6,8,12-16H2,1-4H3. The zero-order valence-electron chi connectivity index (χ0n) is 21.8. The SMILES string of the molecule is COC(=O)c1ccc(CCCS(=O)(=O)Nc2cccc(C3CCN(C(=O)OC(C)(C)C)CC3)c2)c(F)c1. The van der Waals surface area contributed by atoms with Crippen molar-refractivity contribution in [3.63, 3.8) is 0 Å². The Morgan fingerprint density at radius 3 is 2.43 bits per heavy atom. The summed E-state index contributed by atoms with van der Waals surface area (Å²) in [6.07, 6.45) is 1.63. The lowest BCUT2D eigenvalue weighted by Gasteiger charge is -2.33. The molecule has 1 amide bonds. The molecule has 1 aliphatic rings. The van der Waals surface area contributed by atoms with E-state index in [0.717, 1.165) is 24.5 Å². The van der Waals surface area contributed by atoms with E-state index in [2.05, 4.69) is 9.46 Å². The first-order valence-corrected chi connectivity index (χ1v) is 14.0. The number of piperidine rings is 1. The highest BCUT2D eigenvalue weighted by Crippen LogP contribution is 2.30. The van der Waals surface area contributed by atoms with Gasteiger partial charge in [-0.25, -0.2) is 22.4 Å². The van der Waals surface area contributed by atoms with Crippen molar-refractivity contribution in [3.05, 3.63) is 65.0 Å². The van der Waals surface area contributed by atoms with E-state index in [1.165, 1.54) is 19.2 Å². The van der Waals surface area contributed by atoms with Crippen LogP contribution in [0.2, 0.25) is 0 Å². The molecule has 1 N–H and O–H groups in total. The van der Waals surface area contributed by atoms with Crippen LogP contribution in [0.1, 0.15) is 67.4 Å². The summed E-state index contributed by atoms with van der Waals surface area (Å²) < 4.78 is 52.2. The van der Waals surface area contributed by atoms with Gasteiger partial charge in [0.15, 0.2) is 0 Å². The third kappa shape index (κ3) is 8.45. The van der Waals surface area contributed by atoms with Crippen LogP contribution in [0.15, 0.2) is 42.5 Å². The molecule has 202 valence electrons. The van der Waals surface area contributed by atoms with Crippen LogP contribution in [0.25, 0.3) is 0 Å². The fourth-order valence-corrected chi connectivity index (χ4v) is 5.37. The van der Waals surface area contributed by atoms with E-state index < -0.39 is 27.4 Å². The number of aryl methyl sites for hydroxylation is 1. The van der Waals surface area contributed by atoms with Gasteiger partial charge in [0.1, 0.15) is 11.4 Å². The Hall–Kier alpha value is -3.14. The first-order chi connectivity index (χ1) is 17.4. The quantitative estimate of drug-likeness (QED) is 0.473. The fourth-order valence-electron chi connectivity index (χ4n) is 4.26. The molecule has 2 aromatic carbocycles. The summed E-state index contributed by atoms with van der Waals surface area (Å²) in [5, 5.41) is 0. The van der Waals surface area contributed by atoms with E-state index in [0.29, 0.717) is 24.3 Å². The predicted molar refractivity (Wildman–Crippen MR) is 140 cm³/mol. The minimum absolute atomic E-state index is 0.105. The highest BCUT2D eigenvalue weighted by atomic mass is 32.2. The molecule has 0 unspecified atom stereocenters. The number of sulfonamides is 1. The van der Waals surface area contributed by atoms with Crippen molar-refractivity contribution in [1.82, 2.24) is 4.90 Å². The van der Waals surface area contributed by atoms with E-state index in [1.54, 1.807) is 11.0 Å². The number of carbonyl (C=O) groups excluding carboxylic acids is 2. The van der Waals surface area contributed by atoms with Crippen molar-refractivity contribution in [1.29, 1.82) is 0 Å². The van der Waals surface area contributed by atoms with E-state index in [-0.39, 0.29) is 36.2 Å². The first kappa shape index (κ1) is 28.4. The summed E-state index contributed by atoms with van der Waals surface area (Å²) in [7, 11) is -2.42. The maximum atomic E-state index is 14.3. The minimum Gasteiger partial charge on any atom is -0.465 e. The van der Waals surface area contributed by atoms with Crippen molar-refractivity contribution >= 4 is 27.8 Å². The Balaban J connectivity index is 1.53. The number of rotatable bonds is 8. The van der Waals surface area contributed by atoms with Gasteiger partial charge < -0.3 is 14.4 Å². The number of benzene rings is 2. The van der Waals surface area contributed by atoms with Gasteiger partial charge in [0.25, 0.3) is 0 Å². The predicted octanol–water partition coefficient (Wildman–Crippen LogP) is 5.10. The number of hydrogen-bond donors (Lipinski definition) is 1. The molecule has 1 heterocycles. The molecule has 1 saturated heterocycles. The molecular formula is C27H35FN2O6S. The molecule has 0 saturated carbocycles. The molecule has 2 aromatic rings. The van der Waals surface area contributed by atoms with Crippen LogP contribution < -0.4 is 4.72 Å². The number of carbonyl (C=O) groups is 2. The Morgan fingerprint density at radius 1 is 1.11 bits per heavy atom. The molecular weight excluding hydrogens is 499 g/mol. The summed E-state index contributed by atoms with van der Waals surface area (Å²) in [4.78, 5) is 25.5. The highest BCUT2D eigenvalue weighted by Gasteiger charge is 2.27. The van der Waals surface area contributed by atoms with Crippen molar-refractivity contribution in [3.8, 4) is 0 Å². The Bertz CT molecular complexity index is 1220. The largest absolute Gasteiger partial charge is 0.465 e. The zero-order valence-corrected chi connectivity index (χ0v) is 22.6. The lowest BCUT2D eigenvalue weighted by Crippen LogP contribution is -2.41. The molecule has 3 rings (SSSR count). The Morgan fingerprint density at radius 2 is 1.81 bits per heavy atom. The van der Waals surface area contributed by atoms with Crippen LogP contribution in [0, 0.1) is 5.82 Å². The fraction of sp³-hybridized carbons (Fsp3) is 0.481. The van der Waals surface area contributed by atoms with Crippen molar-refractivity contribution in [2.75, 3.05) is 30.7 Å². The van der Waals surface area contributed by atoms with Crippen LogP contribution in [-0.4, -0.2) is 56.9 Å². The third-order valence-electron chi connectivity index (χ3n) is 6.11. The number of amides is 1. The lowest BCUT2D eigenvalue weighted by molar-refractivity contribution is 0.0204. The second-order valence-electron chi connectivity index (χ2n) is 10.2. The van der Waals surface area contributed by atoms with Crippen LogP contribution >= 0.6 is 0 Å². The summed E-state index contributed by atoms with van der Waals surface area (Å²) in [5.74, 6) is -1.17. The molecule has 0 bridgehead atoms. The van der Waals surface area contributed by atoms with Gasteiger partial charge in [-0.1, -0.05) is 18.2 Å². The van der Waals surface area contributed by atoms with E-state index >= 15 is 0 Å². The molecule has 0 aromatic heterocycles. The maximum absolute atomic E-state index is 14.3. The van der Waals surface area contributed by atoms with E-state index in [1.807, 2.05) is 39.0 Å². The van der Waals surface area contributed by atoms with Crippen molar-refractivity contribution in [2.45, 2.75) is 58.0 Å². The van der Waals surface area contributed by atoms with Crippen molar-refractivity contribution in [2.24, 2.45) is 0 Å². The molecule has 0 spiro atoms. The van der Waals surface area contributed by atoms with E-state index in [9.17, 15) is 22.4 Å². The summed E-state index contributed by atoms with van der Waals surface area (Å²) >= 11 is 0. The minimum atomic E-state index is -3.64. The monoisotopic (exact) mass is 534 g/mol. The van der Waals surface area contributed by atoms with Gasteiger partial charge in [-0.15, -0.1) is 0 Å². The van der Waals surface area contributed by atoms with Crippen LogP contribution in [0.4, 0.5) is 14.9 Å². The summed E-state index contributed by atoms with van der Waals surface area (Å²) in [5.41, 5.74) is 1.39. The number of halogens is 1. The van der Waals surface area contributed by atoms with Gasteiger partial charge in [0, 0.05) is 18.8 Å². The van der Waals surface area contributed by atoms with Gasteiger partial charge in [-0.2, -0.15) is 0 Å². The number of nitrogens with zero attached hydrogens (tertiary/aromatic N) is 1. The first-order valence-electron chi connectivity index (χ1n) is 12.3. The molecule has 0 atom stereocenters. The van der Waals surface area contributed by atoms with Gasteiger partial charge in [-0.05, 0) is 87.8 Å². The van der Waals surface area contributed by atoms with E-state index in [4.69, 9.17) is 4.74 Å². The normalized spacial score (nSPS) is 14.8. The molecule has 0 aliphatic carbocycles. The smallest absolute Gasteiger partial charge is 0.410 e. The van der Waals surface area contributed by atoms with Crippen LogP contribution in [0.3, 0.4) is 0 Å². The highest BCUT2D eigenvalue weighted by molar-refractivity contribution is 7.92. The zero-order chi connectivity index (χ0) is 27.2. The lowest BCUT2D eigenvalue weighted by atomic mass is 9.89. The second kappa shape index (κ2) is 11.9. The molecule has 37 heavy (non-hydrogen) atoms. The maximum Gasteiger partial charge on any atom is 0.410 e. The third-order valence-corrected chi connectivity index (χ3v) is 7.48. The molecule has 1 aliphatic heterocycles. The average Bonchev–Trinajstić information content (AvgIpc) is 2.83. The molecule has 8 nitrogen and oxygen atoms in total. The number of ether oxygens (including phenoxy) is 2. The number of anilines is 1. The summed E-state index contributed by atoms with van der Waals surface area (Å²) in [6.45, 7) is 6.67. The topological polar surface area (TPSA) is 102 Å². The molecule has 0 radical (unpaired) electrons. The number of likely N-dealkylation sites (tertiary alicyclic amines) is 1. The Kier molecular flexibility index (Phi) is 9.17. The number of methoxy groups -OCH3 is 1. The Labute approximate surface area is 218 Å². The van der Waals surface area contributed by atoms with Crippen molar-refractivity contribution < 1.29 is 31.9 Å². The molecule has 1 fully saturated rings. The average molecular weight is 535 g/mol. The van der Waals surface area contributed by atoms with Crippen LogP contribution in [-0.2, 0) is 25.9 Å². The number of esters is 1. The van der Waals surface area contributed by atoms with Gasteiger partial charge in [0.2, 0.25) is 10.0 Å². The number of nitrogens with one attached hydrogen (secondary N) is 1. The number of hydrogen-bond acceptors (Lipinski definition) is 6. The second-order valence-corrected chi connectivity index (χ2v) is 12.0. The van der Waals surface area contributed by atoms with Gasteiger partial charge >= 0.3 is 12.1 Å². The van der Waals surface area contributed by atoms with Crippen LogP contribution in [0.5, 0.6) is 0 Å².